The first kappa shape index (κ1) is 14.1. The van der Waals surface area contributed by atoms with Crippen molar-refractivity contribution in [2.45, 2.75) is 45.1 Å². The van der Waals surface area contributed by atoms with Gasteiger partial charge in [-0.1, -0.05) is 43.7 Å². The Bertz CT molecular complexity index is 454. The Morgan fingerprint density at radius 3 is 2.53 bits per heavy atom. The van der Waals surface area contributed by atoms with Crippen LogP contribution in [0.25, 0.3) is 0 Å². The number of rotatable bonds is 5. The van der Waals surface area contributed by atoms with Gasteiger partial charge in [-0.25, -0.2) is 0 Å². The summed E-state index contributed by atoms with van der Waals surface area (Å²) >= 11 is 0. The van der Waals surface area contributed by atoms with Crippen molar-refractivity contribution in [3.8, 4) is 5.75 Å². The molecule has 2 nitrogen and oxygen atoms in total. The van der Waals surface area contributed by atoms with Gasteiger partial charge < -0.3 is 10.1 Å². The highest BCUT2D eigenvalue weighted by molar-refractivity contribution is 5.44. The molecule has 0 aromatic heterocycles. The molecule has 0 radical (unpaired) electrons. The number of hydrogen-bond acceptors (Lipinski definition) is 2. The molecule has 1 aromatic carbocycles. The number of methoxy groups -OCH3 is 1. The van der Waals surface area contributed by atoms with Crippen LogP contribution in [-0.2, 0) is 5.41 Å². The number of allylic oxidation sites excluding steroid dienone is 2. The van der Waals surface area contributed by atoms with E-state index in [0.29, 0.717) is 6.04 Å². The molecule has 0 heterocycles. The first-order valence-electron chi connectivity index (χ1n) is 7.11. The monoisotopic (exact) mass is 259 g/mol. The first-order valence-corrected chi connectivity index (χ1v) is 7.11. The number of benzene rings is 1. The number of aryl methyl sites for hydroxylation is 1. The lowest BCUT2D eigenvalue weighted by Crippen LogP contribution is -2.39. The number of nitrogens with one attached hydrogen (secondary N) is 1. The molecule has 0 unspecified atom stereocenters. The first-order chi connectivity index (χ1) is 9.07. The SMILES string of the molecule is COc1ccc(C)cc1C1(CNC(C)C)CC=CC1. The maximum Gasteiger partial charge on any atom is 0.122 e. The van der Waals surface area contributed by atoms with E-state index in [-0.39, 0.29) is 5.41 Å². The lowest BCUT2D eigenvalue weighted by Gasteiger charge is -2.32. The van der Waals surface area contributed by atoms with Crippen molar-refractivity contribution in [3.05, 3.63) is 41.5 Å². The van der Waals surface area contributed by atoms with E-state index in [1.165, 1.54) is 11.1 Å². The highest BCUT2D eigenvalue weighted by atomic mass is 16.5. The average Bonchev–Trinajstić information content (AvgIpc) is 2.86. The Morgan fingerprint density at radius 1 is 1.26 bits per heavy atom. The molecule has 1 aromatic rings. The molecule has 0 saturated heterocycles. The van der Waals surface area contributed by atoms with E-state index in [0.717, 1.165) is 25.1 Å². The third kappa shape index (κ3) is 3.01. The van der Waals surface area contributed by atoms with E-state index in [9.17, 15) is 0 Å². The van der Waals surface area contributed by atoms with Crippen LogP contribution in [0.5, 0.6) is 5.75 Å². The molecule has 0 spiro atoms. The van der Waals surface area contributed by atoms with Gasteiger partial charge in [-0.2, -0.15) is 0 Å². The van der Waals surface area contributed by atoms with Crippen LogP contribution >= 0.6 is 0 Å². The topological polar surface area (TPSA) is 21.3 Å². The van der Waals surface area contributed by atoms with Gasteiger partial charge >= 0.3 is 0 Å². The minimum atomic E-state index is 0.154. The van der Waals surface area contributed by atoms with Gasteiger partial charge in [0.1, 0.15) is 5.75 Å². The van der Waals surface area contributed by atoms with Gasteiger partial charge in [0.05, 0.1) is 7.11 Å². The molecule has 1 N–H and O–H groups in total. The van der Waals surface area contributed by atoms with Crippen LogP contribution in [-0.4, -0.2) is 19.7 Å². The molecule has 0 aliphatic heterocycles. The molecule has 2 rings (SSSR count). The fraction of sp³-hybridized carbons (Fsp3) is 0.529. The Morgan fingerprint density at radius 2 is 1.95 bits per heavy atom. The predicted octanol–water partition coefficient (Wildman–Crippen LogP) is 3.59. The summed E-state index contributed by atoms with van der Waals surface area (Å²) in [5.74, 6) is 1.01. The van der Waals surface area contributed by atoms with Crippen molar-refractivity contribution in [3.63, 3.8) is 0 Å². The minimum Gasteiger partial charge on any atom is -0.496 e. The van der Waals surface area contributed by atoms with Crippen LogP contribution in [0, 0.1) is 6.92 Å². The van der Waals surface area contributed by atoms with Gasteiger partial charge in [0.2, 0.25) is 0 Å². The van der Waals surface area contributed by atoms with Crippen molar-refractivity contribution in [2.75, 3.05) is 13.7 Å². The van der Waals surface area contributed by atoms with E-state index in [1.54, 1.807) is 7.11 Å². The van der Waals surface area contributed by atoms with Crippen LogP contribution in [0.15, 0.2) is 30.4 Å². The van der Waals surface area contributed by atoms with Gasteiger partial charge in [-0.3, -0.25) is 0 Å². The Balaban J connectivity index is 2.35. The van der Waals surface area contributed by atoms with Crippen molar-refractivity contribution >= 4 is 0 Å². The van der Waals surface area contributed by atoms with E-state index in [1.807, 2.05) is 0 Å². The molecule has 1 aliphatic carbocycles. The van der Waals surface area contributed by atoms with Gasteiger partial charge in [0.25, 0.3) is 0 Å². The normalized spacial score (nSPS) is 17.1. The molecule has 1 aliphatic rings. The molecule has 0 atom stereocenters. The highest BCUT2D eigenvalue weighted by Gasteiger charge is 2.35. The predicted molar refractivity (Wildman–Crippen MR) is 80.9 cm³/mol. The van der Waals surface area contributed by atoms with Gasteiger partial charge in [0.15, 0.2) is 0 Å². The van der Waals surface area contributed by atoms with Gasteiger partial charge in [-0.15, -0.1) is 0 Å². The molecule has 104 valence electrons. The second kappa shape index (κ2) is 5.79. The molecule has 0 saturated carbocycles. The van der Waals surface area contributed by atoms with E-state index in [4.69, 9.17) is 4.74 Å². The van der Waals surface area contributed by atoms with Crippen molar-refractivity contribution < 1.29 is 4.74 Å². The highest BCUT2D eigenvalue weighted by Crippen LogP contribution is 2.41. The summed E-state index contributed by atoms with van der Waals surface area (Å²) in [5.41, 5.74) is 2.79. The summed E-state index contributed by atoms with van der Waals surface area (Å²) in [7, 11) is 1.76. The van der Waals surface area contributed by atoms with Crippen molar-refractivity contribution in [1.82, 2.24) is 5.32 Å². The maximum atomic E-state index is 5.59. The summed E-state index contributed by atoms with van der Waals surface area (Å²) in [5, 5.41) is 3.60. The fourth-order valence-corrected chi connectivity index (χ4v) is 2.80. The van der Waals surface area contributed by atoms with E-state index >= 15 is 0 Å². The maximum absolute atomic E-state index is 5.59. The molecule has 0 bridgehead atoms. The van der Waals surface area contributed by atoms with Gasteiger partial charge in [-0.05, 0) is 25.8 Å². The van der Waals surface area contributed by atoms with E-state index < -0.39 is 0 Å². The van der Waals surface area contributed by atoms with Crippen molar-refractivity contribution in [1.29, 1.82) is 0 Å². The zero-order chi connectivity index (χ0) is 13.9. The third-order valence-corrected chi connectivity index (χ3v) is 3.96. The third-order valence-electron chi connectivity index (χ3n) is 3.96. The summed E-state index contributed by atoms with van der Waals surface area (Å²) in [6, 6.07) is 7.01. The zero-order valence-electron chi connectivity index (χ0n) is 12.5. The molecule has 0 amide bonds. The Kier molecular flexibility index (Phi) is 4.31. The second-order valence-corrected chi connectivity index (χ2v) is 5.90. The quantitative estimate of drug-likeness (QED) is 0.816. The smallest absolute Gasteiger partial charge is 0.122 e. The lowest BCUT2D eigenvalue weighted by atomic mass is 9.77. The molecule has 19 heavy (non-hydrogen) atoms. The fourth-order valence-electron chi connectivity index (χ4n) is 2.80. The van der Waals surface area contributed by atoms with Crippen LogP contribution in [0.2, 0.25) is 0 Å². The number of hydrogen-bond donors (Lipinski definition) is 1. The Labute approximate surface area is 116 Å². The second-order valence-electron chi connectivity index (χ2n) is 5.90. The largest absolute Gasteiger partial charge is 0.496 e. The van der Waals surface area contributed by atoms with E-state index in [2.05, 4.69) is 56.4 Å². The zero-order valence-corrected chi connectivity index (χ0v) is 12.5. The minimum absolute atomic E-state index is 0.154. The summed E-state index contributed by atoms with van der Waals surface area (Å²) < 4.78 is 5.59. The Hall–Kier alpha value is -1.28. The average molecular weight is 259 g/mol. The molecule has 2 heteroatoms. The molecule has 0 fully saturated rings. The summed E-state index contributed by atoms with van der Waals surface area (Å²) in [4.78, 5) is 0. The molecular weight excluding hydrogens is 234 g/mol. The van der Waals surface area contributed by atoms with Crippen molar-refractivity contribution in [2.24, 2.45) is 0 Å². The summed E-state index contributed by atoms with van der Waals surface area (Å²) in [6.45, 7) is 7.54. The number of ether oxygens (including phenoxy) is 1. The molecular formula is C17H25NO. The van der Waals surface area contributed by atoms with Crippen LogP contribution in [0.3, 0.4) is 0 Å². The lowest BCUT2D eigenvalue weighted by molar-refractivity contribution is 0.360. The summed E-state index contributed by atoms with van der Waals surface area (Å²) in [6.07, 6.45) is 6.77. The van der Waals surface area contributed by atoms with Crippen LogP contribution in [0.4, 0.5) is 0 Å². The standard InChI is InChI=1S/C17H25NO/c1-13(2)18-12-17(9-5-6-10-17)15-11-14(3)7-8-16(15)19-4/h5-8,11,13,18H,9-10,12H2,1-4H3. The van der Waals surface area contributed by atoms with Crippen LogP contribution in [0.1, 0.15) is 37.8 Å². The van der Waals surface area contributed by atoms with Gasteiger partial charge in [0, 0.05) is 23.6 Å². The van der Waals surface area contributed by atoms with Crippen LogP contribution < -0.4 is 10.1 Å².